The second-order valence-corrected chi connectivity index (χ2v) is 7.36. The number of amides is 4. The molecule has 0 saturated heterocycles. The quantitative estimate of drug-likeness (QED) is 0.0504. The Hall–Kier alpha value is -3.99. The fourth-order valence-corrected chi connectivity index (χ4v) is 2.62. The minimum Gasteiger partial charge on any atom is -0.481 e. The number of nitrogens with zero attached hydrogens (tertiary/aromatic N) is 1. The summed E-state index contributed by atoms with van der Waals surface area (Å²) in [6.45, 7) is -0.859. The molecule has 0 fully saturated rings. The Balaban J connectivity index is 5.38. The average molecular weight is 505 g/mol. The largest absolute Gasteiger partial charge is 0.481 e. The Bertz CT molecular complexity index is 816. The maximum atomic E-state index is 12.7. The van der Waals surface area contributed by atoms with Crippen LogP contribution in [0.3, 0.4) is 0 Å². The number of hydrogen-bond donors (Lipinski definition) is 10. The van der Waals surface area contributed by atoms with Crippen LogP contribution in [0.1, 0.15) is 32.1 Å². The summed E-state index contributed by atoms with van der Waals surface area (Å²) in [7, 11) is 0. The molecule has 0 aromatic carbocycles. The van der Waals surface area contributed by atoms with Crippen molar-refractivity contribution in [3.8, 4) is 0 Å². The lowest BCUT2D eigenvalue weighted by atomic mass is 10.1. The highest BCUT2D eigenvalue weighted by Gasteiger charge is 2.30. The number of aliphatic hydroxyl groups is 1. The van der Waals surface area contributed by atoms with Gasteiger partial charge in [-0.3, -0.25) is 29.0 Å². The van der Waals surface area contributed by atoms with E-state index in [0.717, 1.165) is 0 Å². The molecule has 0 saturated carbocycles. The molecule has 4 unspecified atom stereocenters. The molecule has 0 rings (SSSR count). The summed E-state index contributed by atoms with van der Waals surface area (Å²) in [5, 5.41) is 33.9. The maximum Gasteiger partial charge on any atom is 0.326 e. The third-order valence-electron chi connectivity index (χ3n) is 4.41. The molecule has 0 aromatic rings. The van der Waals surface area contributed by atoms with Gasteiger partial charge in [0.1, 0.15) is 18.1 Å². The van der Waals surface area contributed by atoms with Crippen molar-refractivity contribution < 1.29 is 44.1 Å². The standard InChI is InChI=1S/C18H32N8O9/c19-8(6-12(20)28)14(31)24-9(2-1-5-23-18(21)22)15(32)26-11(7-27)16(33)25-10(17(34)35)3-4-13(29)30/h8-11,27H,1-7,19H2,(H2,20,28)(H,24,31)(H,25,33)(H,26,32)(H,29,30)(H,34,35)(H4,21,22,23). The van der Waals surface area contributed by atoms with E-state index in [1.54, 1.807) is 0 Å². The smallest absolute Gasteiger partial charge is 0.326 e. The van der Waals surface area contributed by atoms with Crippen LogP contribution in [0.2, 0.25) is 0 Å². The van der Waals surface area contributed by atoms with Crippen LogP contribution in [0.25, 0.3) is 0 Å². The molecule has 0 aliphatic rings. The van der Waals surface area contributed by atoms with Gasteiger partial charge in [-0.25, -0.2) is 4.79 Å². The number of carbonyl (C=O) groups is 6. The van der Waals surface area contributed by atoms with Gasteiger partial charge >= 0.3 is 11.9 Å². The number of aliphatic imine (C=N–C) groups is 1. The molecule has 0 aliphatic heterocycles. The third-order valence-corrected chi connectivity index (χ3v) is 4.41. The average Bonchev–Trinajstić information content (AvgIpc) is 2.75. The van der Waals surface area contributed by atoms with Gasteiger partial charge in [0.2, 0.25) is 23.6 Å². The number of primary amides is 1. The highest BCUT2D eigenvalue weighted by molar-refractivity contribution is 5.95. The summed E-state index contributed by atoms with van der Waals surface area (Å²) in [4.78, 5) is 74.0. The number of nitrogens with one attached hydrogen (secondary N) is 3. The molecule has 17 nitrogen and oxygen atoms in total. The Morgan fingerprint density at radius 2 is 1.34 bits per heavy atom. The lowest BCUT2D eigenvalue weighted by molar-refractivity contribution is -0.143. The van der Waals surface area contributed by atoms with Crippen molar-refractivity contribution in [2.24, 2.45) is 27.9 Å². The minimum absolute atomic E-state index is 0.0478. The molecule has 4 atom stereocenters. The zero-order valence-corrected chi connectivity index (χ0v) is 18.8. The lowest BCUT2D eigenvalue weighted by Crippen LogP contribution is -2.58. The number of hydrogen-bond acceptors (Lipinski definition) is 9. The molecular weight excluding hydrogens is 472 g/mol. The van der Waals surface area contributed by atoms with E-state index in [1.165, 1.54) is 0 Å². The van der Waals surface area contributed by atoms with Gasteiger partial charge in [0.15, 0.2) is 5.96 Å². The first-order valence-electron chi connectivity index (χ1n) is 10.3. The van der Waals surface area contributed by atoms with Crippen molar-refractivity contribution in [3.05, 3.63) is 0 Å². The summed E-state index contributed by atoms with van der Waals surface area (Å²) < 4.78 is 0. The Labute approximate surface area is 199 Å². The molecule has 0 aromatic heterocycles. The lowest BCUT2D eigenvalue weighted by Gasteiger charge is -2.24. The number of carboxylic acid groups (broad SMARTS) is 2. The van der Waals surface area contributed by atoms with Crippen LogP contribution in [0.5, 0.6) is 0 Å². The molecule has 198 valence electrons. The molecule has 4 amide bonds. The number of carboxylic acids is 2. The van der Waals surface area contributed by atoms with Crippen molar-refractivity contribution >= 4 is 41.5 Å². The van der Waals surface area contributed by atoms with Gasteiger partial charge < -0.3 is 54.2 Å². The number of aliphatic hydroxyl groups excluding tert-OH is 1. The van der Waals surface area contributed by atoms with Crippen molar-refractivity contribution in [2.75, 3.05) is 13.2 Å². The summed E-state index contributed by atoms with van der Waals surface area (Å²) in [6, 6.07) is -5.89. The van der Waals surface area contributed by atoms with E-state index < -0.39 is 85.6 Å². The van der Waals surface area contributed by atoms with E-state index in [-0.39, 0.29) is 25.3 Å². The van der Waals surface area contributed by atoms with Crippen molar-refractivity contribution in [2.45, 2.75) is 56.3 Å². The molecule has 0 heterocycles. The van der Waals surface area contributed by atoms with E-state index in [4.69, 9.17) is 33.1 Å². The Morgan fingerprint density at radius 1 is 0.800 bits per heavy atom. The molecule has 14 N–H and O–H groups in total. The maximum absolute atomic E-state index is 12.7. The highest BCUT2D eigenvalue weighted by atomic mass is 16.4. The van der Waals surface area contributed by atoms with Crippen LogP contribution >= 0.6 is 0 Å². The van der Waals surface area contributed by atoms with Gasteiger partial charge in [0, 0.05) is 13.0 Å². The van der Waals surface area contributed by atoms with Gasteiger partial charge in [0.25, 0.3) is 0 Å². The number of rotatable bonds is 17. The SMILES string of the molecule is NC(=O)CC(N)C(=O)NC(CCCN=C(N)N)C(=O)NC(CO)C(=O)NC(CCC(=O)O)C(=O)O. The molecule has 0 aliphatic carbocycles. The van der Waals surface area contributed by atoms with Gasteiger partial charge in [-0.1, -0.05) is 0 Å². The number of guanidine groups is 1. The predicted octanol–water partition coefficient (Wildman–Crippen LogP) is -5.36. The predicted molar refractivity (Wildman–Crippen MR) is 119 cm³/mol. The highest BCUT2D eigenvalue weighted by Crippen LogP contribution is 2.03. The van der Waals surface area contributed by atoms with Crippen LogP contribution in [-0.2, 0) is 28.8 Å². The van der Waals surface area contributed by atoms with Crippen LogP contribution < -0.4 is 38.9 Å². The first kappa shape index (κ1) is 31.0. The molecule has 35 heavy (non-hydrogen) atoms. The van der Waals surface area contributed by atoms with Crippen LogP contribution in [0.4, 0.5) is 0 Å². The number of aliphatic carboxylic acids is 2. The normalized spacial score (nSPS) is 13.9. The van der Waals surface area contributed by atoms with Gasteiger partial charge in [-0.05, 0) is 19.3 Å². The van der Waals surface area contributed by atoms with E-state index in [9.17, 15) is 33.9 Å². The second-order valence-electron chi connectivity index (χ2n) is 7.36. The molecule has 0 radical (unpaired) electrons. The zero-order valence-electron chi connectivity index (χ0n) is 18.8. The van der Waals surface area contributed by atoms with Crippen LogP contribution in [-0.4, -0.2) is 94.2 Å². The second kappa shape index (κ2) is 15.8. The molecule has 0 bridgehead atoms. The van der Waals surface area contributed by atoms with E-state index in [1.807, 2.05) is 5.32 Å². The fourth-order valence-electron chi connectivity index (χ4n) is 2.62. The number of nitrogens with two attached hydrogens (primary N) is 4. The van der Waals surface area contributed by atoms with Gasteiger partial charge in [-0.15, -0.1) is 0 Å². The fraction of sp³-hybridized carbons (Fsp3) is 0.611. The first-order chi connectivity index (χ1) is 16.3. The summed E-state index contributed by atoms with van der Waals surface area (Å²) in [5.74, 6) is -6.80. The van der Waals surface area contributed by atoms with Gasteiger partial charge in [0.05, 0.1) is 19.1 Å². The van der Waals surface area contributed by atoms with E-state index in [2.05, 4.69) is 15.6 Å². The van der Waals surface area contributed by atoms with Crippen molar-refractivity contribution in [3.63, 3.8) is 0 Å². The van der Waals surface area contributed by atoms with Gasteiger partial charge in [-0.2, -0.15) is 0 Å². The first-order valence-corrected chi connectivity index (χ1v) is 10.3. The molecular formula is C18H32N8O9. The van der Waals surface area contributed by atoms with Crippen LogP contribution in [0.15, 0.2) is 4.99 Å². The monoisotopic (exact) mass is 504 g/mol. The number of carbonyl (C=O) groups excluding carboxylic acids is 4. The topological polar surface area (TPSA) is 316 Å². The summed E-state index contributed by atoms with van der Waals surface area (Å²) in [6.07, 6.45) is -1.35. The van der Waals surface area contributed by atoms with E-state index in [0.29, 0.717) is 0 Å². The van der Waals surface area contributed by atoms with Crippen molar-refractivity contribution in [1.82, 2.24) is 16.0 Å². The van der Waals surface area contributed by atoms with Crippen molar-refractivity contribution in [1.29, 1.82) is 0 Å². The third kappa shape index (κ3) is 13.3. The molecule has 0 spiro atoms. The zero-order chi connectivity index (χ0) is 27.1. The van der Waals surface area contributed by atoms with Crippen LogP contribution in [0, 0.1) is 0 Å². The Morgan fingerprint density at radius 3 is 1.83 bits per heavy atom. The summed E-state index contributed by atoms with van der Waals surface area (Å²) >= 11 is 0. The van der Waals surface area contributed by atoms with E-state index >= 15 is 0 Å². The molecule has 17 heteroatoms. The Kier molecular flexibility index (Phi) is 14.0. The minimum atomic E-state index is -1.63. The summed E-state index contributed by atoms with van der Waals surface area (Å²) in [5.41, 5.74) is 21.0.